The number of Topliss-reactive ketones (excluding diaryl/α,β-unsaturated/α-hetero) is 2. The molecule has 3 N–H and O–H groups in total. The van der Waals surface area contributed by atoms with Crippen molar-refractivity contribution in [1.29, 1.82) is 0 Å². The number of piperazine rings is 2. The van der Waals surface area contributed by atoms with Crippen LogP contribution in [0.2, 0.25) is 0 Å². The van der Waals surface area contributed by atoms with Crippen molar-refractivity contribution in [3.05, 3.63) is 12.3 Å². The minimum Gasteiger partial charge on any atom is -0.376 e. The van der Waals surface area contributed by atoms with Crippen LogP contribution in [0.1, 0.15) is 34.1 Å². The van der Waals surface area contributed by atoms with E-state index < -0.39 is 6.10 Å². The zero-order valence-corrected chi connectivity index (χ0v) is 29.0. The van der Waals surface area contributed by atoms with Gasteiger partial charge in [0.25, 0.3) is 0 Å². The van der Waals surface area contributed by atoms with Gasteiger partial charge in [-0.3, -0.25) is 34.0 Å². The topological polar surface area (TPSA) is 122 Å². The summed E-state index contributed by atoms with van der Waals surface area (Å²) in [6, 6.07) is 1.28. The maximum Gasteiger partial charge on any atom is 0.250 e. The molecule has 0 aromatic heterocycles. The molecule has 0 spiro atoms. The van der Waals surface area contributed by atoms with Gasteiger partial charge in [-0.2, -0.15) is 0 Å². The van der Waals surface area contributed by atoms with Crippen LogP contribution in [0.4, 0.5) is 0 Å². The van der Waals surface area contributed by atoms with Crippen molar-refractivity contribution >= 4 is 17.5 Å². The first-order valence-corrected chi connectivity index (χ1v) is 17.3. The van der Waals surface area contributed by atoms with Crippen LogP contribution in [-0.4, -0.2) is 190 Å². The predicted octanol–water partition coefficient (Wildman–Crippen LogP) is -1.16. The van der Waals surface area contributed by atoms with Crippen molar-refractivity contribution < 1.29 is 23.9 Å². The van der Waals surface area contributed by atoms with Gasteiger partial charge in [-0.05, 0) is 34.1 Å². The third-order valence-electron chi connectivity index (χ3n) is 9.67. The number of nitrogens with zero attached hydrogens (tertiary/aromatic N) is 5. The lowest BCUT2D eigenvalue weighted by Crippen LogP contribution is -2.61. The molecule has 13 nitrogen and oxygen atoms in total. The van der Waals surface area contributed by atoms with Crippen LogP contribution >= 0.6 is 0 Å². The standard InChI is InChI=1S/C33H60N8O5/c1-24-16-40(18-26(3)42)29(14-35-24)20-38-10-12-45-31(22-38)28(5)37(6)9-7-8-34-33(44)32-23-39(11-13-46-32)21-30-15-36-25(2)17-41(30)19-27(4)43/h24-25,29-32,35-36H,5,7-23H2,1-4,6H3,(H,34,44)/t24-,25-,29?,30?,31+,32+/m1/s1. The Morgan fingerprint density at radius 1 is 0.826 bits per heavy atom. The third kappa shape index (κ3) is 11.3. The number of rotatable bonds is 15. The van der Waals surface area contributed by atoms with E-state index in [1.54, 1.807) is 13.8 Å². The second-order valence-corrected chi connectivity index (χ2v) is 14.0. The fourth-order valence-corrected chi connectivity index (χ4v) is 7.11. The summed E-state index contributed by atoms with van der Waals surface area (Å²) in [7, 11) is 2.03. The maximum atomic E-state index is 13.0. The van der Waals surface area contributed by atoms with Gasteiger partial charge in [-0.25, -0.2) is 0 Å². The van der Waals surface area contributed by atoms with Gasteiger partial charge in [-0.1, -0.05) is 6.58 Å². The molecule has 4 heterocycles. The van der Waals surface area contributed by atoms with E-state index in [1.165, 1.54) is 0 Å². The molecule has 0 radical (unpaired) electrons. The van der Waals surface area contributed by atoms with Crippen LogP contribution in [0.5, 0.6) is 0 Å². The van der Waals surface area contributed by atoms with Crippen LogP contribution in [0.25, 0.3) is 0 Å². The first-order valence-electron chi connectivity index (χ1n) is 17.3. The molecule has 262 valence electrons. The van der Waals surface area contributed by atoms with Gasteiger partial charge in [0.1, 0.15) is 23.8 Å². The summed E-state index contributed by atoms with van der Waals surface area (Å²) < 4.78 is 12.0. The minimum atomic E-state index is -0.492. The van der Waals surface area contributed by atoms with Crippen LogP contribution in [0.15, 0.2) is 12.3 Å². The summed E-state index contributed by atoms with van der Waals surface area (Å²) in [6.07, 6.45) is 0.209. The smallest absolute Gasteiger partial charge is 0.250 e. The Bertz CT molecular complexity index is 1030. The van der Waals surface area contributed by atoms with Gasteiger partial charge in [0, 0.05) is 115 Å². The van der Waals surface area contributed by atoms with Crippen molar-refractivity contribution in [2.75, 3.05) is 112 Å². The lowest BCUT2D eigenvalue weighted by Gasteiger charge is -2.43. The molecule has 46 heavy (non-hydrogen) atoms. The number of nitrogens with one attached hydrogen (secondary N) is 3. The van der Waals surface area contributed by atoms with Gasteiger partial charge in [-0.15, -0.1) is 0 Å². The Balaban J connectivity index is 1.15. The van der Waals surface area contributed by atoms with Gasteiger partial charge in [0.05, 0.1) is 26.3 Å². The fourth-order valence-electron chi connectivity index (χ4n) is 7.11. The zero-order valence-electron chi connectivity index (χ0n) is 29.0. The van der Waals surface area contributed by atoms with E-state index in [1.807, 2.05) is 7.05 Å². The Morgan fingerprint density at radius 3 is 1.85 bits per heavy atom. The summed E-state index contributed by atoms with van der Waals surface area (Å²) in [6.45, 7) is 23.6. The van der Waals surface area contributed by atoms with Gasteiger partial charge < -0.3 is 30.3 Å². The Morgan fingerprint density at radius 2 is 1.33 bits per heavy atom. The minimum absolute atomic E-state index is 0.0705. The highest BCUT2D eigenvalue weighted by atomic mass is 16.5. The SMILES string of the molecule is C=C([C@@H]1CN(CC2CN[C@H](C)CN2CC(C)=O)CCO1)N(C)CCCNC(=O)[C@@H]1CN(CC2CN[C@H](C)CN2CC(C)=O)CCO1. The lowest BCUT2D eigenvalue weighted by atomic mass is 10.1. The quantitative estimate of drug-likeness (QED) is 0.186. The van der Waals surface area contributed by atoms with E-state index in [9.17, 15) is 14.4 Å². The highest BCUT2D eigenvalue weighted by Crippen LogP contribution is 2.18. The molecule has 4 saturated heterocycles. The maximum absolute atomic E-state index is 13.0. The van der Waals surface area contributed by atoms with Crippen molar-refractivity contribution in [3.8, 4) is 0 Å². The average molecular weight is 649 g/mol. The molecule has 6 atom stereocenters. The van der Waals surface area contributed by atoms with Gasteiger partial charge in [0.2, 0.25) is 5.91 Å². The lowest BCUT2D eigenvalue weighted by molar-refractivity contribution is -0.139. The number of ketones is 2. The predicted molar refractivity (Wildman–Crippen MR) is 179 cm³/mol. The molecular formula is C33H60N8O5. The number of carbonyl (C=O) groups is 3. The molecule has 0 bridgehead atoms. The number of morpholine rings is 2. The van der Waals surface area contributed by atoms with E-state index in [0.29, 0.717) is 57.5 Å². The molecule has 4 aliphatic rings. The largest absolute Gasteiger partial charge is 0.376 e. The summed E-state index contributed by atoms with van der Waals surface area (Å²) in [5.74, 6) is 0.319. The molecule has 1 amide bonds. The van der Waals surface area contributed by atoms with E-state index in [-0.39, 0.29) is 29.6 Å². The summed E-state index contributed by atoms with van der Waals surface area (Å²) >= 11 is 0. The van der Waals surface area contributed by atoms with Crippen LogP contribution in [0.3, 0.4) is 0 Å². The highest BCUT2D eigenvalue weighted by molar-refractivity contribution is 5.81. The monoisotopic (exact) mass is 648 g/mol. The zero-order chi connectivity index (χ0) is 33.2. The van der Waals surface area contributed by atoms with E-state index in [0.717, 1.165) is 77.6 Å². The molecule has 13 heteroatoms. The van der Waals surface area contributed by atoms with E-state index >= 15 is 0 Å². The van der Waals surface area contributed by atoms with Gasteiger partial charge >= 0.3 is 0 Å². The van der Waals surface area contributed by atoms with Crippen molar-refractivity contribution in [2.45, 2.75) is 70.5 Å². The first-order chi connectivity index (χ1) is 22.0. The van der Waals surface area contributed by atoms with Crippen LogP contribution < -0.4 is 16.0 Å². The number of carbonyl (C=O) groups excluding carboxylic acids is 3. The van der Waals surface area contributed by atoms with Gasteiger partial charge in [0.15, 0.2) is 0 Å². The Kier molecular flexibility index (Phi) is 14.4. The van der Waals surface area contributed by atoms with E-state index in [4.69, 9.17) is 9.47 Å². The van der Waals surface area contributed by atoms with Crippen molar-refractivity contribution in [3.63, 3.8) is 0 Å². The second-order valence-electron chi connectivity index (χ2n) is 14.0. The Hall–Kier alpha value is -1.97. The summed E-state index contributed by atoms with van der Waals surface area (Å²) in [4.78, 5) is 48.1. The van der Waals surface area contributed by atoms with E-state index in [2.05, 4.69) is 60.9 Å². The number of likely N-dealkylation sites (N-methyl/N-ethyl adjacent to an activating group) is 1. The molecule has 0 aliphatic carbocycles. The Labute approximate surface area is 276 Å². The molecule has 0 aromatic rings. The molecule has 4 rings (SSSR count). The van der Waals surface area contributed by atoms with Crippen molar-refractivity contribution in [2.24, 2.45) is 0 Å². The molecule has 4 aliphatic heterocycles. The van der Waals surface area contributed by atoms with Crippen molar-refractivity contribution in [1.82, 2.24) is 40.4 Å². The second kappa shape index (κ2) is 18.0. The molecule has 2 unspecified atom stereocenters. The number of amides is 1. The summed E-state index contributed by atoms with van der Waals surface area (Å²) in [5.41, 5.74) is 0.948. The molecule has 0 saturated carbocycles. The van der Waals surface area contributed by atoms with Crippen LogP contribution in [0, 0.1) is 0 Å². The molecule has 4 fully saturated rings. The highest BCUT2D eigenvalue weighted by Gasteiger charge is 2.33. The van der Waals surface area contributed by atoms with Crippen LogP contribution in [-0.2, 0) is 23.9 Å². The number of ether oxygens (including phenoxy) is 2. The fraction of sp³-hybridized carbons (Fsp3) is 0.848. The molecule has 0 aromatic carbocycles. The number of hydrogen-bond acceptors (Lipinski definition) is 12. The summed E-state index contributed by atoms with van der Waals surface area (Å²) in [5, 5.41) is 10.2. The normalized spacial score (nSPS) is 30.5. The molecular weight excluding hydrogens is 588 g/mol. The third-order valence-corrected chi connectivity index (χ3v) is 9.67. The first kappa shape index (κ1) is 36.9. The average Bonchev–Trinajstić information content (AvgIpc) is 3.01. The number of hydrogen-bond donors (Lipinski definition) is 3.